The second kappa shape index (κ2) is 7.17. The molecule has 0 bridgehead atoms. The smallest absolute Gasteiger partial charge is 0.187 e. The van der Waals surface area contributed by atoms with Crippen molar-refractivity contribution in [3.63, 3.8) is 0 Å². The Labute approximate surface area is 122 Å². The molecule has 1 aromatic carbocycles. The van der Waals surface area contributed by atoms with Crippen LogP contribution in [0.25, 0.3) is 0 Å². The maximum Gasteiger partial charge on any atom is 0.187 e. The van der Waals surface area contributed by atoms with Gasteiger partial charge in [0.25, 0.3) is 0 Å². The zero-order valence-electron chi connectivity index (χ0n) is 11.6. The Balaban J connectivity index is 1.94. The van der Waals surface area contributed by atoms with Crippen molar-refractivity contribution in [3.05, 3.63) is 29.8 Å². The summed E-state index contributed by atoms with van der Waals surface area (Å²) in [6, 6.07) is 7.13. The summed E-state index contributed by atoms with van der Waals surface area (Å²) in [5, 5.41) is 38.2. The number of hydrogen-bond donors (Lipinski definition) is 4. The Hall–Kier alpha value is -1.22. The SMILES string of the molecule is COc1ccc(CO[C@@H]2O[C@H](CO)[C@H](O)[C@H](O)[C@H]2O)cc1. The Morgan fingerprint density at radius 2 is 1.71 bits per heavy atom. The second-order valence-corrected chi connectivity index (χ2v) is 4.86. The van der Waals surface area contributed by atoms with E-state index in [0.717, 1.165) is 5.56 Å². The normalized spacial score (nSPS) is 32.9. The van der Waals surface area contributed by atoms with Gasteiger partial charge in [-0.25, -0.2) is 0 Å². The van der Waals surface area contributed by atoms with Crippen LogP contribution >= 0.6 is 0 Å². The van der Waals surface area contributed by atoms with E-state index in [9.17, 15) is 15.3 Å². The topological polar surface area (TPSA) is 109 Å². The van der Waals surface area contributed by atoms with E-state index in [1.807, 2.05) is 0 Å². The van der Waals surface area contributed by atoms with E-state index in [4.69, 9.17) is 19.3 Å². The minimum atomic E-state index is -1.43. The zero-order valence-corrected chi connectivity index (χ0v) is 11.6. The lowest BCUT2D eigenvalue weighted by molar-refractivity contribution is -0.304. The van der Waals surface area contributed by atoms with Crippen molar-refractivity contribution in [3.8, 4) is 5.75 Å². The number of methoxy groups -OCH3 is 1. The predicted octanol–water partition coefficient (Wildman–Crippen LogP) is -0.988. The van der Waals surface area contributed by atoms with Gasteiger partial charge in [-0.3, -0.25) is 0 Å². The van der Waals surface area contributed by atoms with Crippen molar-refractivity contribution >= 4 is 0 Å². The number of benzene rings is 1. The first-order valence-corrected chi connectivity index (χ1v) is 6.62. The van der Waals surface area contributed by atoms with Crippen LogP contribution in [0.5, 0.6) is 5.75 Å². The van der Waals surface area contributed by atoms with Gasteiger partial charge in [-0.1, -0.05) is 12.1 Å². The van der Waals surface area contributed by atoms with Crippen LogP contribution in [0.4, 0.5) is 0 Å². The highest BCUT2D eigenvalue weighted by Crippen LogP contribution is 2.23. The van der Waals surface area contributed by atoms with Crippen LogP contribution in [-0.4, -0.2) is 64.8 Å². The van der Waals surface area contributed by atoms with Gasteiger partial charge in [0, 0.05) is 0 Å². The fourth-order valence-electron chi connectivity index (χ4n) is 2.11. The van der Waals surface area contributed by atoms with Crippen LogP contribution < -0.4 is 4.74 Å². The van der Waals surface area contributed by atoms with Crippen LogP contribution in [0.1, 0.15) is 5.56 Å². The molecule has 0 amide bonds. The van der Waals surface area contributed by atoms with Gasteiger partial charge in [-0.05, 0) is 17.7 Å². The van der Waals surface area contributed by atoms with Crippen LogP contribution in [0.3, 0.4) is 0 Å². The fraction of sp³-hybridized carbons (Fsp3) is 0.571. The number of ether oxygens (including phenoxy) is 3. The molecule has 0 saturated carbocycles. The maximum absolute atomic E-state index is 9.82. The number of rotatable bonds is 5. The molecule has 5 atom stereocenters. The monoisotopic (exact) mass is 300 g/mol. The number of hydrogen-bond acceptors (Lipinski definition) is 7. The van der Waals surface area contributed by atoms with Gasteiger partial charge in [0.15, 0.2) is 6.29 Å². The molecule has 0 aromatic heterocycles. The Bertz CT molecular complexity index is 433. The quantitative estimate of drug-likeness (QED) is 0.553. The molecule has 0 spiro atoms. The van der Waals surface area contributed by atoms with Gasteiger partial charge in [0.1, 0.15) is 30.2 Å². The zero-order chi connectivity index (χ0) is 15.4. The molecular weight excluding hydrogens is 280 g/mol. The molecule has 0 aliphatic carbocycles. The number of aliphatic hydroxyl groups is 4. The maximum atomic E-state index is 9.82. The molecule has 1 aliphatic heterocycles. The van der Waals surface area contributed by atoms with Gasteiger partial charge in [0.2, 0.25) is 0 Å². The summed E-state index contributed by atoms with van der Waals surface area (Å²) in [7, 11) is 1.57. The molecule has 118 valence electrons. The van der Waals surface area contributed by atoms with Crippen LogP contribution in [0.2, 0.25) is 0 Å². The molecule has 1 aliphatic rings. The molecule has 1 heterocycles. The molecule has 0 radical (unpaired) electrons. The van der Waals surface area contributed by atoms with Gasteiger partial charge >= 0.3 is 0 Å². The van der Waals surface area contributed by atoms with Gasteiger partial charge in [0.05, 0.1) is 20.3 Å². The van der Waals surface area contributed by atoms with Gasteiger partial charge in [-0.2, -0.15) is 0 Å². The van der Waals surface area contributed by atoms with E-state index in [-0.39, 0.29) is 6.61 Å². The first-order chi connectivity index (χ1) is 10.1. The highest BCUT2D eigenvalue weighted by Gasteiger charge is 2.43. The largest absolute Gasteiger partial charge is 0.497 e. The summed E-state index contributed by atoms with van der Waals surface area (Å²) in [5.74, 6) is 0.714. The molecular formula is C14H20O7. The summed E-state index contributed by atoms with van der Waals surface area (Å²) in [4.78, 5) is 0. The molecule has 1 saturated heterocycles. The minimum Gasteiger partial charge on any atom is -0.497 e. The van der Waals surface area contributed by atoms with Crippen LogP contribution in [-0.2, 0) is 16.1 Å². The van der Waals surface area contributed by atoms with E-state index in [1.165, 1.54) is 0 Å². The summed E-state index contributed by atoms with van der Waals surface area (Å²) in [6.45, 7) is -0.333. The molecule has 1 aromatic rings. The lowest BCUT2D eigenvalue weighted by atomic mass is 9.99. The first-order valence-electron chi connectivity index (χ1n) is 6.62. The van der Waals surface area contributed by atoms with Crippen molar-refractivity contribution in [1.82, 2.24) is 0 Å². The van der Waals surface area contributed by atoms with E-state index in [2.05, 4.69) is 0 Å². The molecule has 2 rings (SSSR count). The molecule has 1 fully saturated rings. The Kier molecular flexibility index (Phi) is 5.51. The molecule has 7 nitrogen and oxygen atoms in total. The highest BCUT2D eigenvalue weighted by molar-refractivity contribution is 5.26. The summed E-state index contributed by atoms with van der Waals surface area (Å²) in [5.41, 5.74) is 0.827. The highest BCUT2D eigenvalue weighted by atomic mass is 16.7. The molecule has 7 heteroatoms. The Morgan fingerprint density at radius 3 is 2.29 bits per heavy atom. The lowest BCUT2D eigenvalue weighted by Crippen LogP contribution is -2.59. The minimum absolute atomic E-state index is 0.146. The number of aliphatic hydroxyl groups excluding tert-OH is 4. The summed E-state index contributed by atoms with van der Waals surface area (Å²) >= 11 is 0. The molecule has 4 N–H and O–H groups in total. The van der Waals surface area contributed by atoms with Gasteiger partial charge < -0.3 is 34.6 Å². The summed E-state index contributed by atoms with van der Waals surface area (Å²) in [6.07, 6.45) is -6.30. The van der Waals surface area contributed by atoms with Crippen molar-refractivity contribution in [2.75, 3.05) is 13.7 Å². The van der Waals surface area contributed by atoms with Crippen molar-refractivity contribution < 1.29 is 34.6 Å². The average molecular weight is 300 g/mol. The summed E-state index contributed by atoms with van der Waals surface area (Å²) < 4.78 is 15.7. The first kappa shape index (κ1) is 16.2. The van der Waals surface area contributed by atoms with E-state index < -0.39 is 37.3 Å². The average Bonchev–Trinajstić information content (AvgIpc) is 2.52. The van der Waals surface area contributed by atoms with Crippen molar-refractivity contribution in [2.24, 2.45) is 0 Å². The molecule has 0 unspecified atom stereocenters. The van der Waals surface area contributed by atoms with E-state index in [0.29, 0.717) is 5.75 Å². The van der Waals surface area contributed by atoms with Crippen LogP contribution in [0.15, 0.2) is 24.3 Å². The van der Waals surface area contributed by atoms with Gasteiger partial charge in [-0.15, -0.1) is 0 Å². The predicted molar refractivity (Wildman–Crippen MR) is 71.6 cm³/mol. The second-order valence-electron chi connectivity index (χ2n) is 4.86. The third-order valence-corrected chi connectivity index (χ3v) is 3.42. The standard InChI is InChI=1S/C14H20O7/c1-19-9-4-2-8(3-5-9)7-20-14-13(18)12(17)11(16)10(6-15)21-14/h2-5,10-18H,6-7H2,1H3/t10-,11+,12+,13-,14-/m1/s1. The Morgan fingerprint density at radius 1 is 1.05 bits per heavy atom. The third-order valence-electron chi connectivity index (χ3n) is 3.42. The van der Waals surface area contributed by atoms with E-state index in [1.54, 1.807) is 31.4 Å². The lowest BCUT2D eigenvalue weighted by Gasteiger charge is -2.39. The van der Waals surface area contributed by atoms with Crippen molar-refractivity contribution in [2.45, 2.75) is 37.3 Å². The van der Waals surface area contributed by atoms with Crippen LogP contribution in [0, 0.1) is 0 Å². The fourth-order valence-corrected chi connectivity index (χ4v) is 2.11. The van der Waals surface area contributed by atoms with Crippen molar-refractivity contribution in [1.29, 1.82) is 0 Å². The van der Waals surface area contributed by atoms with E-state index >= 15 is 0 Å². The molecule has 21 heavy (non-hydrogen) atoms. The third kappa shape index (κ3) is 3.70.